The molecule has 1 unspecified atom stereocenters. The van der Waals surface area contributed by atoms with E-state index in [1.165, 1.54) is 32.1 Å². The average Bonchev–Trinajstić information content (AvgIpc) is 3.70. The van der Waals surface area contributed by atoms with Crippen molar-refractivity contribution in [3.63, 3.8) is 0 Å². The Morgan fingerprint density at radius 2 is 1.80 bits per heavy atom. The molecule has 0 spiro atoms. The van der Waals surface area contributed by atoms with Gasteiger partial charge in [0, 0.05) is 25.2 Å². The maximum absolute atomic E-state index is 14.8. The molecule has 1 N–H and O–H groups in total. The van der Waals surface area contributed by atoms with Crippen molar-refractivity contribution in [3.8, 4) is 22.8 Å². The summed E-state index contributed by atoms with van der Waals surface area (Å²) in [5.41, 5.74) is 2.39. The fraction of sp³-hybridized carbons (Fsp3) is 0.438. The van der Waals surface area contributed by atoms with E-state index in [4.69, 9.17) is 19.3 Å². The second-order valence-electron chi connectivity index (χ2n) is 11.2. The van der Waals surface area contributed by atoms with Gasteiger partial charge in [0.25, 0.3) is 0 Å². The van der Waals surface area contributed by atoms with Crippen molar-refractivity contribution in [2.45, 2.75) is 66.1 Å². The molecule has 3 aromatic rings. The number of rotatable bonds is 10. The number of hydrogen-bond donors (Lipinski definition) is 1. The number of benzene rings is 2. The fourth-order valence-electron chi connectivity index (χ4n) is 4.28. The van der Waals surface area contributed by atoms with Crippen LogP contribution in [0.2, 0.25) is 0 Å². The summed E-state index contributed by atoms with van der Waals surface area (Å²) in [5, 5.41) is 8.89. The SMILES string of the molecule is CC1CC1.COc1cc(-c2ccc(COc3cccc(CCC(=O)O)c3F)cc2C(OC)C(C)(C)C)c(F)cn1. The Labute approximate surface area is 235 Å². The quantitative estimate of drug-likeness (QED) is 0.275. The van der Waals surface area contributed by atoms with Gasteiger partial charge in [0.05, 0.1) is 19.4 Å². The Morgan fingerprint density at radius 1 is 1.10 bits per heavy atom. The standard InChI is InChI=1S/C28H31F2NO5.C4H8/c1-28(2,3)27(35-5)21-13-17(9-11-19(21)20-14-24(34-4)31-15-22(20)29)16-36-23-8-6-7-18(26(23)30)10-12-25(32)33;1-4-2-3-4/h6-9,11,13-15,27H,10,12,16H2,1-5H3,(H,32,33);4H,2-3H2,1H3. The number of aryl methyl sites for hydroxylation is 1. The predicted octanol–water partition coefficient (Wildman–Crippen LogP) is 7.78. The smallest absolute Gasteiger partial charge is 0.303 e. The molecule has 0 saturated heterocycles. The summed E-state index contributed by atoms with van der Waals surface area (Å²) >= 11 is 0. The zero-order valence-electron chi connectivity index (χ0n) is 24.1. The third-order valence-corrected chi connectivity index (χ3v) is 6.66. The van der Waals surface area contributed by atoms with Gasteiger partial charge in [-0.25, -0.2) is 13.8 Å². The number of methoxy groups -OCH3 is 2. The Bertz CT molecular complexity index is 1300. The Morgan fingerprint density at radius 3 is 2.38 bits per heavy atom. The van der Waals surface area contributed by atoms with Crippen molar-refractivity contribution in [1.82, 2.24) is 4.98 Å². The van der Waals surface area contributed by atoms with Gasteiger partial charge in [-0.2, -0.15) is 0 Å². The molecule has 6 nitrogen and oxygen atoms in total. The monoisotopic (exact) mass is 555 g/mol. The van der Waals surface area contributed by atoms with Crippen molar-refractivity contribution in [2.75, 3.05) is 14.2 Å². The van der Waals surface area contributed by atoms with Gasteiger partial charge >= 0.3 is 5.97 Å². The molecule has 1 heterocycles. The first-order chi connectivity index (χ1) is 18.9. The van der Waals surface area contributed by atoms with Crippen LogP contribution in [0.1, 0.15) is 69.8 Å². The van der Waals surface area contributed by atoms with Crippen molar-refractivity contribution >= 4 is 5.97 Å². The maximum Gasteiger partial charge on any atom is 0.303 e. The minimum Gasteiger partial charge on any atom is -0.486 e. The van der Waals surface area contributed by atoms with E-state index in [2.05, 4.69) is 11.9 Å². The zero-order valence-corrected chi connectivity index (χ0v) is 24.1. The summed E-state index contributed by atoms with van der Waals surface area (Å²) in [7, 11) is 3.07. The average molecular weight is 556 g/mol. The van der Waals surface area contributed by atoms with Crippen LogP contribution in [-0.4, -0.2) is 30.3 Å². The van der Waals surface area contributed by atoms with Crippen LogP contribution in [0.5, 0.6) is 11.6 Å². The highest BCUT2D eigenvalue weighted by Gasteiger charge is 2.29. The Kier molecular flexibility index (Phi) is 10.6. The Balaban J connectivity index is 0.00000101. The number of aliphatic carboxylic acids is 1. The molecular weight excluding hydrogens is 516 g/mol. The number of carboxylic acids is 1. The molecule has 1 fully saturated rings. The summed E-state index contributed by atoms with van der Waals surface area (Å²) in [6.45, 7) is 8.40. The molecule has 0 radical (unpaired) electrons. The van der Waals surface area contributed by atoms with Crippen LogP contribution >= 0.6 is 0 Å². The normalized spacial score (nSPS) is 13.7. The highest BCUT2D eigenvalue weighted by Crippen LogP contribution is 2.42. The van der Waals surface area contributed by atoms with Crippen molar-refractivity contribution in [2.24, 2.45) is 11.3 Å². The lowest BCUT2D eigenvalue weighted by molar-refractivity contribution is -0.136. The van der Waals surface area contributed by atoms with Crippen LogP contribution in [0.15, 0.2) is 48.7 Å². The number of ether oxygens (including phenoxy) is 3. The van der Waals surface area contributed by atoms with Gasteiger partial charge in [0.1, 0.15) is 12.4 Å². The van der Waals surface area contributed by atoms with E-state index in [1.807, 2.05) is 26.8 Å². The molecule has 1 saturated carbocycles. The van der Waals surface area contributed by atoms with E-state index in [-0.39, 0.29) is 48.2 Å². The van der Waals surface area contributed by atoms with Crippen LogP contribution in [-0.2, 0) is 22.6 Å². The molecule has 8 heteroatoms. The first-order valence-corrected chi connectivity index (χ1v) is 13.4. The lowest BCUT2D eigenvalue weighted by Gasteiger charge is -2.32. The van der Waals surface area contributed by atoms with Gasteiger partial charge in [-0.15, -0.1) is 0 Å². The third kappa shape index (κ3) is 8.49. The largest absolute Gasteiger partial charge is 0.486 e. The molecule has 0 bridgehead atoms. The van der Waals surface area contributed by atoms with Gasteiger partial charge in [0.15, 0.2) is 11.6 Å². The van der Waals surface area contributed by atoms with E-state index >= 15 is 0 Å². The molecule has 4 rings (SSSR count). The van der Waals surface area contributed by atoms with Crippen LogP contribution < -0.4 is 9.47 Å². The summed E-state index contributed by atoms with van der Waals surface area (Å²) in [6.07, 6.45) is 3.60. The molecule has 1 aliphatic carbocycles. The van der Waals surface area contributed by atoms with Gasteiger partial charge < -0.3 is 19.3 Å². The van der Waals surface area contributed by atoms with Gasteiger partial charge in [-0.3, -0.25) is 4.79 Å². The lowest BCUT2D eigenvalue weighted by atomic mass is 9.81. The van der Waals surface area contributed by atoms with Crippen LogP contribution in [0.25, 0.3) is 11.1 Å². The van der Waals surface area contributed by atoms with E-state index in [9.17, 15) is 13.6 Å². The number of hydrogen-bond acceptors (Lipinski definition) is 5. The minimum atomic E-state index is -0.997. The second-order valence-corrected chi connectivity index (χ2v) is 11.2. The van der Waals surface area contributed by atoms with Crippen LogP contribution in [0.4, 0.5) is 8.78 Å². The van der Waals surface area contributed by atoms with E-state index < -0.39 is 17.6 Å². The minimum absolute atomic E-state index is 0.0348. The summed E-state index contributed by atoms with van der Waals surface area (Å²) in [5.74, 6) is -0.667. The van der Waals surface area contributed by atoms with Crippen molar-refractivity contribution in [1.29, 1.82) is 0 Å². The molecular formula is C32H39F2NO5. The van der Waals surface area contributed by atoms with Gasteiger partial charge in [0.2, 0.25) is 5.88 Å². The molecule has 0 amide bonds. The molecule has 216 valence electrons. The highest BCUT2D eigenvalue weighted by molar-refractivity contribution is 5.70. The number of pyridine rings is 1. The maximum atomic E-state index is 14.8. The molecule has 0 aliphatic heterocycles. The number of nitrogens with zero attached hydrogens (tertiary/aromatic N) is 1. The predicted molar refractivity (Wildman–Crippen MR) is 150 cm³/mol. The zero-order chi connectivity index (χ0) is 29.4. The Hall–Kier alpha value is -3.52. The molecule has 1 aliphatic rings. The molecule has 1 atom stereocenters. The number of aromatic nitrogens is 1. The number of halogens is 2. The number of carbonyl (C=O) groups is 1. The molecule has 2 aromatic carbocycles. The number of carboxylic acid groups (broad SMARTS) is 1. The first kappa shape index (κ1) is 31.0. The third-order valence-electron chi connectivity index (χ3n) is 6.66. The summed E-state index contributed by atoms with van der Waals surface area (Å²) < 4.78 is 46.5. The van der Waals surface area contributed by atoms with Crippen LogP contribution in [0.3, 0.4) is 0 Å². The second kappa shape index (κ2) is 13.7. The van der Waals surface area contributed by atoms with E-state index in [0.717, 1.165) is 23.2 Å². The van der Waals surface area contributed by atoms with Crippen LogP contribution in [0, 0.1) is 23.0 Å². The van der Waals surface area contributed by atoms with Crippen molar-refractivity contribution in [3.05, 3.63) is 77.0 Å². The lowest BCUT2D eigenvalue weighted by Crippen LogP contribution is -2.21. The van der Waals surface area contributed by atoms with E-state index in [1.54, 1.807) is 31.4 Å². The molecule has 1 aromatic heterocycles. The van der Waals surface area contributed by atoms with E-state index in [0.29, 0.717) is 11.1 Å². The topological polar surface area (TPSA) is 77.9 Å². The van der Waals surface area contributed by atoms with Gasteiger partial charge in [-0.1, -0.05) is 64.8 Å². The fourth-order valence-corrected chi connectivity index (χ4v) is 4.28. The summed E-state index contributed by atoms with van der Waals surface area (Å²) in [6, 6.07) is 11.6. The van der Waals surface area contributed by atoms with Gasteiger partial charge in [-0.05, 0) is 52.1 Å². The summed E-state index contributed by atoms with van der Waals surface area (Å²) in [4.78, 5) is 14.8. The van der Waals surface area contributed by atoms with Crippen molar-refractivity contribution < 1.29 is 32.9 Å². The highest BCUT2D eigenvalue weighted by atomic mass is 19.1. The molecule has 40 heavy (non-hydrogen) atoms. The first-order valence-electron chi connectivity index (χ1n) is 13.4.